The number of nitrogens with one attached hydrogen (secondary N) is 2. The highest BCUT2D eigenvalue weighted by Gasteiger charge is 2.19. The van der Waals surface area contributed by atoms with Gasteiger partial charge in [0.05, 0.1) is 12.7 Å². The van der Waals surface area contributed by atoms with E-state index in [9.17, 15) is 14.4 Å². The maximum absolute atomic E-state index is 13.1. The molecule has 184 valence electrons. The monoisotopic (exact) mass is 463 g/mol. The van der Waals surface area contributed by atoms with Gasteiger partial charge in [0.2, 0.25) is 0 Å². The summed E-state index contributed by atoms with van der Waals surface area (Å²) >= 11 is 0. The minimum atomic E-state index is -0.613. The van der Waals surface area contributed by atoms with E-state index in [4.69, 9.17) is 9.47 Å². The standard InChI is InChI=1S/C24H37N3O6/c1-17(32-23(2,3)4)25-13-15-27(16-14-26-22(30)33-24(5,6)7)20(28)18-9-11-19(12-10-18)21(29)31-8/h9-12,25H,1,13-16H2,2-8H3,(H,26,30). The first kappa shape index (κ1) is 27.8. The first-order valence-electron chi connectivity index (χ1n) is 10.8. The van der Waals surface area contributed by atoms with E-state index >= 15 is 0 Å². The van der Waals surface area contributed by atoms with Gasteiger partial charge in [-0.15, -0.1) is 0 Å². The first-order chi connectivity index (χ1) is 15.2. The summed E-state index contributed by atoms with van der Waals surface area (Å²) in [6.45, 7) is 16.1. The van der Waals surface area contributed by atoms with Crippen LogP contribution in [-0.4, -0.2) is 67.4 Å². The molecule has 0 bridgehead atoms. The van der Waals surface area contributed by atoms with E-state index in [1.54, 1.807) is 37.8 Å². The summed E-state index contributed by atoms with van der Waals surface area (Å²) < 4.78 is 15.6. The van der Waals surface area contributed by atoms with E-state index in [2.05, 4.69) is 21.9 Å². The highest BCUT2D eigenvalue weighted by molar-refractivity contribution is 5.96. The van der Waals surface area contributed by atoms with Gasteiger partial charge in [0.15, 0.2) is 5.88 Å². The third kappa shape index (κ3) is 11.3. The molecule has 33 heavy (non-hydrogen) atoms. The van der Waals surface area contributed by atoms with Gasteiger partial charge in [-0.05, 0) is 72.4 Å². The predicted octanol–water partition coefficient (Wildman–Crippen LogP) is 3.32. The molecule has 0 aliphatic carbocycles. The highest BCUT2D eigenvalue weighted by Crippen LogP contribution is 2.11. The Hall–Kier alpha value is -3.23. The number of nitrogens with zero attached hydrogens (tertiary/aromatic N) is 1. The summed E-state index contributed by atoms with van der Waals surface area (Å²) in [6, 6.07) is 6.21. The van der Waals surface area contributed by atoms with Crippen molar-refractivity contribution in [2.75, 3.05) is 33.3 Å². The van der Waals surface area contributed by atoms with Crippen LogP contribution in [0.3, 0.4) is 0 Å². The topological polar surface area (TPSA) is 106 Å². The molecule has 0 radical (unpaired) electrons. The average molecular weight is 464 g/mol. The van der Waals surface area contributed by atoms with E-state index in [0.29, 0.717) is 30.1 Å². The van der Waals surface area contributed by atoms with Crippen LogP contribution in [-0.2, 0) is 14.2 Å². The summed E-state index contributed by atoms with van der Waals surface area (Å²) in [5, 5.41) is 5.71. The van der Waals surface area contributed by atoms with Gasteiger partial charge in [0, 0.05) is 31.7 Å². The molecule has 0 saturated heterocycles. The van der Waals surface area contributed by atoms with Crippen molar-refractivity contribution in [3.8, 4) is 0 Å². The van der Waals surface area contributed by atoms with Gasteiger partial charge in [0.25, 0.3) is 5.91 Å². The van der Waals surface area contributed by atoms with Gasteiger partial charge in [-0.25, -0.2) is 9.59 Å². The molecule has 0 saturated carbocycles. The normalized spacial score (nSPS) is 11.2. The lowest BCUT2D eigenvalue weighted by molar-refractivity contribution is 0.0404. The fourth-order valence-electron chi connectivity index (χ4n) is 2.71. The zero-order valence-electron chi connectivity index (χ0n) is 20.7. The molecule has 1 aromatic rings. The van der Waals surface area contributed by atoms with Gasteiger partial charge in [0.1, 0.15) is 11.2 Å². The van der Waals surface area contributed by atoms with Crippen LogP contribution in [0.5, 0.6) is 0 Å². The number of hydrogen-bond donors (Lipinski definition) is 2. The van der Waals surface area contributed by atoms with Crippen LogP contribution in [0.2, 0.25) is 0 Å². The van der Waals surface area contributed by atoms with Gasteiger partial charge in [-0.1, -0.05) is 0 Å². The van der Waals surface area contributed by atoms with Gasteiger partial charge in [-0.2, -0.15) is 0 Å². The Labute approximate surface area is 196 Å². The van der Waals surface area contributed by atoms with Crippen LogP contribution in [0, 0.1) is 0 Å². The fourth-order valence-corrected chi connectivity index (χ4v) is 2.71. The SMILES string of the molecule is C=C(NCCN(CCNC(=O)OC(C)(C)C)C(=O)c1ccc(C(=O)OC)cc1)OC(C)(C)C. The molecule has 0 spiro atoms. The molecule has 0 atom stereocenters. The Morgan fingerprint density at radius 2 is 1.33 bits per heavy atom. The van der Waals surface area contributed by atoms with Crippen LogP contribution < -0.4 is 10.6 Å². The summed E-state index contributed by atoms with van der Waals surface area (Å²) in [5.41, 5.74) is -0.245. The van der Waals surface area contributed by atoms with Crippen molar-refractivity contribution in [3.63, 3.8) is 0 Å². The van der Waals surface area contributed by atoms with E-state index in [-0.39, 0.29) is 19.0 Å². The summed E-state index contributed by atoms with van der Waals surface area (Å²) in [5.74, 6) is -0.320. The van der Waals surface area contributed by atoms with Crippen LogP contribution in [0.4, 0.5) is 4.79 Å². The molecular weight excluding hydrogens is 426 g/mol. The number of rotatable bonds is 10. The van der Waals surface area contributed by atoms with E-state index in [1.165, 1.54) is 19.2 Å². The number of benzene rings is 1. The van der Waals surface area contributed by atoms with Crippen molar-refractivity contribution < 1.29 is 28.6 Å². The molecule has 0 fully saturated rings. The van der Waals surface area contributed by atoms with Crippen molar-refractivity contribution in [2.24, 2.45) is 0 Å². The number of esters is 1. The molecule has 2 amide bonds. The largest absolute Gasteiger partial charge is 0.474 e. The number of carbonyl (C=O) groups is 3. The van der Waals surface area contributed by atoms with Gasteiger partial charge < -0.3 is 29.7 Å². The number of carbonyl (C=O) groups excluding carboxylic acids is 3. The molecule has 9 heteroatoms. The minimum Gasteiger partial charge on any atom is -0.474 e. The summed E-state index contributed by atoms with van der Waals surface area (Å²) in [4.78, 5) is 38.2. The fraction of sp³-hybridized carbons (Fsp3) is 0.542. The smallest absolute Gasteiger partial charge is 0.407 e. The van der Waals surface area contributed by atoms with Crippen LogP contribution >= 0.6 is 0 Å². The lowest BCUT2D eigenvalue weighted by Crippen LogP contribution is -2.43. The predicted molar refractivity (Wildman–Crippen MR) is 126 cm³/mol. The Balaban J connectivity index is 2.80. The molecule has 0 heterocycles. The molecule has 0 aromatic heterocycles. The Morgan fingerprint density at radius 3 is 1.82 bits per heavy atom. The molecule has 0 aliphatic rings. The molecule has 1 aromatic carbocycles. The third-order valence-electron chi connectivity index (χ3n) is 4.02. The zero-order chi connectivity index (χ0) is 25.2. The lowest BCUT2D eigenvalue weighted by atomic mass is 10.1. The number of methoxy groups -OCH3 is 1. The maximum Gasteiger partial charge on any atom is 0.407 e. The summed E-state index contributed by atoms with van der Waals surface area (Å²) in [6.07, 6.45) is -0.553. The first-order valence-corrected chi connectivity index (χ1v) is 10.8. The van der Waals surface area contributed by atoms with Crippen molar-refractivity contribution in [3.05, 3.63) is 47.9 Å². The number of alkyl carbamates (subject to hydrolysis) is 1. The number of amides is 2. The molecule has 0 unspecified atom stereocenters. The Bertz CT molecular complexity index is 788. The number of ether oxygens (including phenoxy) is 3. The van der Waals surface area contributed by atoms with Crippen LogP contribution in [0.15, 0.2) is 36.7 Å². The second kappa shape index (κ2) is 12.1. The quantitative estimate of drug-likeness (QED) is 0.405. The van der Waals surface area contributed by atoms with Crippen LogP contribution in [0.1, 0.15) is 62.3 Å². The van der Waals surface area contributed by atoms with Crippen molar-refractivity contribution in [2.45, 2.75) is 52.7 Å². The van der Waals surface area contributed by atoms with Crippen LogP contribution in [0.25, 0.3) is 0 Å². The second-order valence-electron chi connectivity index (χ2n) is 9.35. The van der Waals surface area contributed by atoms with E-state index in [1.807, 2.05) is 20.8 Å². The zero-order valence-corrected chi connectivity index (χ0v) is 20.7. The minimum absolute atomic E-state index is 0.209. The molecule has 9 nitrogen and oxygen atoms in total. The van der Waals surface area contributed by atoms with Gasteiger partial charge in [-0.3, -0.25) is 4.79 Å². The molecule has 0 aliphatic heterocycles. The molecular formula is C24H37N3O6. The van der Waals surface area contributed by atoms with Crippen molar-refractivity contribution >= 4 is 18.0 Å². The second-order valence-corrected chi connectivity index (χ2v) is 9.35. The van der Waals surface area contributed by atoms with Crippen molar-refractivity contribution in [1.29, 1.82) is 0 Å². The molecule has 2 N–H and O–H groups in total. The third-order valence-corrected chi connectivity index (χ3v) is 4.02. The maximum atomic E-state index is 13.1. The highest BCUT2D eigenvalue weighted by atomic mass is 16.6. The van der Waals surface area contributed by atoms with E-state index in [0.717, 1.165) is 0 Å². The Morgan fingerprint density at radius 1 is 0.848 bits per heavy atom. The summed E-state index contributed by atoms with van der Waals surface area (Å²) in [7, 11) is 1.30. The molecule has 1 rings (SSSR count). The number of hydrogen-bond acceptors (Lipinski definition) is 7. The van der Waals surface area contributed by atoms with Gasteiger partial charge >= 0.3 is 12.1 Å². The Kier molecular flexibility index (Phi) is 10.2. The lowest BCUT2D eigenvalue weighted by Gasteiger charge is -2.26. The average Bonchev–Trinajstić information content (AvgIpc) is 2.69. The van der Waals surface area contributed by atoms with Crippen molar-refractivity contribution in [1.82, 2.24) is 15.5 Å². The van der Waals surface area contributed by atoms with E-state index < -0.39 is 23.3 Å².